The summed E-state index contributed by atoms with van der Waals surface area (Å²) in [5.41, 5.74) is 1.16. The normalized spacial score (nSPS) is 14.2. The molecule has 7 heteroatoms. The summed E-state index contributed by atoms with van der Waals surface area (Å²) in [6.07, 6.45) is 3.03. The summed E-state index contributed by atoms with van der Waals surface area (Å²) in [6, 6.07) is 5.95. The average molecular weight is 377 g/mol. The first-order valence-corrected chi connectivity index (χ1v) is 9.57. The average Bonchev–Trinajstić information content (AvgIpc) is 3.23. The SMILES string of the molecule is CCNC(=NCC(=O)N1CCCC1)N(C)CCc1ccc(OC)c(OC)c1. The van der Waals surface area contributed by atoms with Crippen molar-refractivity contribution >= 4 is 11.9 Å². The second kappa shape index (κ2) is 10.6. The number of methoxy groups -OCH3 is 2. The molecular formula is C20H32N4O3. The van der Waals surface area contributed by atoms with Gasteiger partial charge < -0.3 is 24.6 Å². The van der Waals surface area contributed by atoms with Crippen LogP contribution in [0.4, 0.5) is 0 Å². The summed E-state index contributed by atoms with van der Waals surface area (Å²) in [5, 5.41) is 3.27. The molecule has 1 aliphatic heterocycles. The molecule has 1 aliphatic rings. The number of nitrogens with one attached hydrogen (secondary N) is 1. The van der Waals surface area contributed by atoms with Crippen LogP contribution in [0.5, 0.6) is 11.5 Å². The van der Waals surface area contributed by atoms with Crippen molar-refractivity contribution in [3.8, 4) is 11.5 Å². The van der Waals surface area contributed by atoms with Gasteiger partial charge in [-0.25, -0.2) is 4.99 Å². The van der Waals surface area contributed by atoms with Crippen molar-refractivity contribution in [3.05, 3.63) is 23.8 Å². The molecule has 1 heterocycles. The van der Waals surface area contributed by atoms with Crippen LogP contribution in [0.15, 0.2) is 23.2 Å². The van der Waals surface area contributed by atoms with Gasteiger partial charge in [-0.3, -0.25) is 4.79 Å². The minimum Gasteiger partial charge on any atom is -0.493 e. The molecule has 0 radical (unpaired) electrons. The summed E-state index contributed by atoms with van der Waals surface area (Å²) < 4.78 is 10.6. The Labute approximate surface area is 162 Å². The van der Waals surface area contributed by atoms with Gasteiger partial charge in [0.25, 0.3) is 0 Å². The van der Waals surface area contributed by atoms with E-state index in [1.807, 2.05) is 37.1 Å². The number of ether oxygens (including phenoxy) is 2. The van der Waals surface area contributed by atoms with Gasteiger partial charge in [-0.1, -0.05) is 6.07 Å². The first-order valence-electron chi connectivity index (χ1n) is 9.57. The molecule has 0 saturated carbocycles. The van der Waals surface area contributed by atoms with E-state index < -0.39 is 0 Å². The van der Waals surface area contributed by atoms with Crippen molar-refractivity contribution < 1.29 is 14.3 Å². The lowest BCUT2D eigenvalue weighted by atomic mass is 10.1. The van der Waals surface area contributed by atoms with Crippen molar-refractivity contribution in [3.63, 3.8) is 0 Å². The third-order valence-corrected chi connectivity index (χ3v) is 4.70. The summed E-state index contributed by atoms with van der Waals surface area (Å²) in [5.74, 6) is 2.32. The number of hydrogen-bond donors (Lipinski definition) is 1. The van der Waals surface area contributed by atoms with Crippen LogP contribution in [0.3, 0.4) is 0 Å². The summed E-state index contributed by atoms with van der Waals surface area (Å²) in [7, 11) is 5.26. The van der Waals surface area contributed by atoms with Crippen LogP contribution in [0.1, 0.15) is 25.3 Å². The number of likely N-dealkylation sites (tertiary alicyclic amines) is 1. The Morgan fingerprint density at radius 3 is 2.56 bits per heavy atom. The molecule has 0 unspecified atom stereocenters. The number of guanidine groups is 1. The third kappa shape index (κ3) is 6.05. The minimum atomic E-state index is 0.108. The van der Waals surface area contributed by atoms with Crippen molar-refractivity contribution in [1.82, 2.24) is 15.1 Å². The Morgan fingerprint density at radius 2 is 1.93 bits per heavy atom. The lowest BCUT2D eigenvalue weighted by molar-refractivity contribution is -0.128. The van der Waals surface area contributed by atoms with Crippen LogP contribution in [-0.2, 0) is 11.2 Å². The first-order chi connectivity index (χ1) is 13.1. The highest BCUT2D eigenvalue weighted by Gasteiger charge is 2.17. The number of carbonyl (C=O) groups is 1. The van der Waals surface area contributed by atoms with Gasteiger partial charge in [-0.15, -0.1) is 0 Å². The highest BCUT2D eigenvalue weighted by atomic mass is 16.5. The Bertz CT molecular complexity index is 642. The van der Waals surface area contributed by atoms with Gasteiger partial charge in [-0.2, -0.15) is 0 Å². The van der Waals surface area contributed by atoms with Crippen molar-refractivity contribution in [2.24, 2.45) is 4.99 Å². The lowest BCUT2D eigenvalue weighted by Gasteiger charge is -2.22. The zero-order chi connectivity index (χ0) is 19.6. The predicted molar refractivity (Wildman–Crippen MR) is 108 cm³/mol. The van der Waals surface area contributed by atoms with E-state index >= 15 is 0 Å². The van der Waals surface area contributed by atoms with Crippen LogP contribution in [0.2, 0.25) is 0 Å². The smallest absolute Gasteiger partial charge is 0.244 e. The third-order valence-electron chi connectivity index (χ3n) is 4.70. The number of aliphatic imine (C=N–C) groups is 1. The first kappa shape index (κ1) is 20.9. The molecule has 0 atom stereocenters. The van der Waals surface area contributed by atoms with Crippen LogP contribution in [0.25, 0.3) is 0 Å². The molecule has 0 aromatic heterocycles. The number of amides is 1. The van der Waals surface area contributed by atoms with Gasteiger partial charge >= 0.3 is 0 Å². The molecule has 150 valence electrons. The van der Waals surface area contributed by atoms with E-state index in [-0.39, 0.29) is 12.5 Å². The van der Waals surface area contributed by atoms with Gasteiger partial charge in [0.2, 0.25) is 5.91 Å². The monoisotopic (exact) mass is 376 g/mol. The van der Waals surface area contributed by atoms with Crippen molar-refractivity contribution in [2.45, 2.75) is 26.2 Å². The summed E-state index contributed by atoms with van der Waals surface area (Å²) in [6.45, 7) is 5.49. The van der Waals surface area contributed by atoms with E-state index in [4.69, 9.17) is 9.47 Å². The van der Waals surface area contributed by atoms with Gasteiger partial charge in [0, 0.05) is 33.2 Å². The van der Waals surface area contributed by atoms with Gasteiger partial charge in [-0.05, 0) is 43.9 Å². The highest BCUT2D eigenvalue weighted by molar-refractivity contribution is 5.85. The molecule has 1 saturated heterocycles. The summed E-state index contributed by atoms with van der Waals surface area (Å²) in [4.78, 5) is 20.7. The molecule has 0 spiro atoms. The van der Waals surface area contributed by atoms with Crippen LogP contribution >= 0.6 is 0 Å². The Morgan fingerprint density at radius 1 is 1.22 bits per heavy atom. The molecule has 27 heavy (non-hydrogen) atoms. The van der Waals surface area contributed by atoms with E-state index in [9.17, 15) is 4.79 Å². The largest absolute Gasteiger partial charge is 0.493 e. The van der Waals surface area contributed by atoms with Gasteiger partial charge in [0.05, 0.1) is 14.2 Å². The maximum Gasteiger partial charge on any atom is 0.244 e. The van der Waals surface area contributed by atoms with E-state index in [1.54, 1.807) is 14.2 Å². The fraction of sp³-hybridized carbons (Fsp3) is 0.600. The topological polar surface area (TPSA) is 66.4 Å². The van der Waals surface area contributed by atoms with Crippen LogP contribution in [0, 0.1) is 0 Å². The van der Waals surface area contributed by atoms with Crippen LogP contribution < -0.4 is 14.8 Å². The van der Waals surface area contributed by atoms with Gasteiger partial charge in [0.1, 0.15) is 6.54 Å². The fourth-order valence-corrected chi connectivity index (χ4v) is 3.12. The number of benzene rings is 1. The number of nitrogens with zero attached hydrogens (tertiary/aromatic N) is 3. The van der Waals surface area contributed by atoms with Crippen LogP contribution in [-0.4, -0.2) is 75.7 Å². The van der Waals surface area contributed by atoms with Crippen molar-refractivity contribution in [2.75, 3.05) is 54.0 Å². The lowest BCUT2D eigenvalue weighted by Crippen LogP contribution is -2.41. The van der Waals surface area contributed by atoms with Gasteiger partial charge in [0.15, 0.2) is 17.5 Å². The number of hydrogen-bond acceptors (Lipinski definition) is 4. The fourth-order valence-electron chi connectivity index (χ4n) is 3.12. The number of carbonyl (C=O) groups excluding carboxylic acids is 1. The molecule has 1 fully saturated rings. The molecule has 0 aliphatic carbocycles. The Hall–Kier alpha value is -2.44. The summed E-state index contributed by atoms with van der Waals surface area (Å²) >= 11 is 0. The molecule has 1 aromatic carbocycles. The highest BCUT2D eigenvalue weighted by Crippen LogP contribution is 2.27. The molecule has 1 amide bonds. The number of rotatable bonds is 8. The second-order valence-corrected chi connectivity index (χ2v) is 6.62. The molecule has 7 nitrogen and oxygen atoms in total. The zero-order valence-corrected chi connectivity index (χ0v) is 17.0. The Balaban J connectivity index is 1.94. The molecule has 0 bridgehead atoms. The van der Waals surface area contributed by atoms with E-state index in [0.29, 0.717) is 0 Å². The predicted octanol–water partition coefficient (Wildman–Crippen LogP) is 1.77. The minimum absolute atomic E-state index is 0.108. The molecule has 1 aromatic rings. The second-order valence-electron chi connectivity index (χ2n) is 6.62. The Kier molecular flexibility index (Phi) is 8.23. The van der Waals surface area contributed by atoms with E-state index in [0.717, 1.165) is 68.5 Å². The maximum atomic E-state index is 12.2. The molecular weight excluding hydrogens is 344 g/mol. The quantitative estimate of drug-likeness (QED) is 0.553. The molecule has 2 rings (SSSR count). The van der Waals surface area contributed by atoms with E-state index in [1.165, 1.54) is 0 Å². The zero-order valence-electron chi connectivity index (χ0n) is 17.0. The standard InChI is InChI=1S/C20H32N4O3/c1-5-21-20(22-15-19(25)24-11-6-7-12-24)23(2)13-10-16-8-9-17(26-3)18(14-16)27-4/h8-9,14H,5-7,10-13,15H2,1-4H3,(H,21,22). The maximum absolute atomic E-state index is 12.2. The molecule has 1 N–H and O–H groups in total. The number of likely N-dealkylation sites (N-methyl/N-ethyl adjacent to an activating group) is 1. The van der Waals surface area contributed by atoms with E-state index in [2.05, 4.69) is 15.2 Å². The van der Waals surface area contributed by atoms with Crippen molar-refractivity contribution in [1.29, 1.82) is 0 Å².